The van der Waals surface area contributed by atoms with Gasteiger partial charge in [-0.15, -0.1) is 0 Å². The highest BCUT2D eigenvalue weighted by Gasteiger charge is 2.12. The predicted octanol–water partition coefficient (Wildman–Crippen LogP) is 1.04. The summed E-state index contributed by atoms with van der Waals surface area (Å²) in [5, 5.41) is 2.74. The Balaban J connectivity index is 1.83. The van der Waals surface area contributed by atoms with Gasteiger partial charge in [-0.3, -0.25) is 9.59 Å². The van der Waals surface area contributed by atoms with Crippen LogP contribution in [0.1, 0.15) is 15.9 Å². The minimum Gasteiger partial charge on any atom is -0.435 e. The van der Waals surface area contributed by atoms with E-state index in [4.69, 9.17) is 5.73 Å². The Labute approximate surface area is 149 Å². The number of hydrogen-bond donors (Lipinski definition) is 3. The van der Waals surface area contributed by atoms with Crippen LogP contribution >= 0.6 is 0 Å². The number of amides is 2. The maximum absolute atomic E-state index is 12.1. The molecule has 26 heavy (non-hydrogen) atoms. The molecule has 6 nitrogen and oxygen atoms in total. The number of quaternary nitrogens is 1. The zero-order valence-corrected chi connectivity index (χ0v) is 14.2. The molecular formula is C18H20F2N3O3+. The summed E-state index contributed by atoms with van der Waals surface area (Å²) in [7, 11) is 1.85. The molecule has 1 unspecified atom stereocenters. The van der Waals surface area contributed by atoms with Crippen molar-refractivity contribution in [2.24, 2.45) is 5.73 Å². The molecule has 0 saturated heterocycles. The van der Waals surface area contributed by atoms with Gasteiger partial charge in [0.25, 0.3) is 5.91 Å². The molecule has 0 saturated carbocycles. The lowest BCUT2D eigenvalue weighted by molar-refractivity contribution is -0.885. The van der Waals surface area contributed by atoms with Gasteiger partial charge in [0.1, 0.15) is 12.3 Å². The van der Waals surface area contributed by atoms with Crippen LogP contribution in [0.15, 0.2) is 48.5 Å². The number of carbonyl (C=O) groups is 2. The van der Waals surface area contributed by atoms with Crippen LogP contribution in [0.3, 0.4) is 0 Å². The molecule has 4 N–H and O–H groups in total. The van der Waals surface area contributed by atoms with E-state index in [2.05, 4.69) is 10.1 Å². The molecule has 1 atom stereocenters. The highest BCUT2D eigenvalue weighted by molar-refractivity contribution is 5.95. The molecule has 0 radical (unpaired) electrons. The van der Waals surface area contributed by atoms with Gasteiger partial charge in [0, 0.05) is 16.8 Å². The number of benzene rings is 2. The number of halogens is 2. The third-order valence-corrected chi connectivity index (χ3v) is 3.57. The molecule has 0 aliphatic carbocycles. The standard InChI is InChI=1S/C18H19F2N3O3/c1-23(10-12-2-8-15(9-3-12)26-18(19)20)11-16(24)22-14-6-4-13(5-7-14)17(21)25/h2-9,18H,10-11H2,1H3,(H2,21,25)(H,22,24)/p+1. The van der Waals surface area contributed by atoms with E-state index >= 15 is 0 Å². The van der Waals surface area contributed by atoms with E-state index in [0.29, 0.717) is 17.8 Å². The van der Waals surface area contributed by atoms with Crippen LogP contribution in [0.25, 0.3) is 0 Å². The number of likely N-dealkylation sites (N-methyl/N-ethyl adjacent to an activating group) is 1. The second kappa shape index (κ2) is 8.91. The maximum atomic E-state index is 12.1. The third-order valence-electron chi connectivity index (χ3n) is 3.57. The first-order valence-corrected chi connectivity index (χ1v) is 7.88. The van der Waals surface area contributed by atoms with Gasteiger partial charge in [-0.2, -0.15) is 8.78 Å². The van der Waals surface area contributed by atoms with Crippen molar-refractivity contribution in [3.63, 3.8) is 0 Å². The van der Waals surface area contributed by atoms with E-state index in [1.165, 1.54) is 24.3 Å². The summed E-state index contributed by atoms with van der Waals surface area (Å²) in [6.07, 6.45) is 0. The highest BCUT2D eigenvalue weighted by atomic mass is 19.3. The van der Waals surface area contributed by atoms with Crippen LogP contribution in [0.5, 0.6) is 5.75 Å². The zero-order chi connectivity index (χ0) is 19.1. The van der Waals surface area contributed by atoms with Crippen LogP contribution in [-0.2, 0) is 11.3 Å². The van der Waals surface area contributed by atoms with Gasteiger partial charge in [-0.05, 0) is 48.5 Å². The molecule has 8 heteroatoms. The SMILES string of the molecule is C[NH+](CC(=O)Nc1ccc(C(N)=O)cc1)Cc1ccc(OC(F)F)cc1. The van der Waals surface area contributed by atoms with E-state index in [1.807, 2.05) is 7.05 Å². The van der Waals surface area contributed by atoms with E-state index in [-0.39, 0.29) is 18.2 Å². The first-order valence-electron chi connectivity index (χ1n) is 7.88. The summed E-state index contributed by atoms with van der Waals surface area (Å²) in [6.45, 7) is -2.09. The van der Waals surface area contributed by atoms with Crippen LogP contribution in [0, 0.1) is 0 Å². The summed E-state index contributed by atoms with van der Waals surface area (Å²) in [5.41, 5.74) is 6.99. The van der Waals surface area contributed by atoms with Crippen molar-refractivity contribution >= 4 is 17.5 Å². The van der Waals surface area contributed by atoms with E-state index in [9.17, 15) is 18.4 Å². The highest BCUT2D eigenvalue weighted by Crippen LogP contribution is 2.14. The summed E-state index contributed by atoms with van der Waals surface area (Å²) in [4.78, 5) is 24.0. The summed E-state index contributed by atoms with van der Waals surface area (Å²) >= 11 is 0. The Morgan fingerprint density at radius 3 is 2.27 bits per heavy atom. The van der Waals surface area contributed by atoms with Crippen LogP contribution < -0.4 is 20.7 Å². The summed E-state index contributed by atoms with van der Waals surface area (Å²) in [6, 6.07) is 12.6. The number of primary amides is 1. The van der Waals surface area contributed by atoms with Crippen molar-refractivity contribution in [2.75, 3.05) is 18.9 Å². The molecule has 0 fully saturated rings. The van der Waals surface area contributed by atoms with Crippen molar-refractivity contribution in [3.8, 4) is 5.75 Å². The number of rotatable bonds is 8. The van der Waals surface area contributed by atoms with Crippen molar-refractivity contribution in [1.82, 2.24) is 0 Å². The van der Waals surface area contributed by atoms with Crippen LogP contribution in [0.2, 0.25) is 0 Å². The summed E-state index contributed by atoms with van der Waals surface area (Å²) in [5.74, 6) is -0.623. The lowest BCUT2D eigenvalue weighted by atomic mass is 10.2. The average molecular weight is 364 g/mol. The van der Waals surface area contributed by atoms with Gasteiger partial charge in [-0.25, -0.2) is 0 Å². The van der Waals surface area contributed by atoms with Crippen molar-refractivity contribution in [2.45, 2.75) is 13.2 Å². The second-order valence-corrected chi connectivity index (χ2v) is 5.82. The lowest BCUT2D eigenvalue weighted by Crippen LogP contribution is -3.08. The van der Waals surface area contributed by atoms with Gasteiger partial charge in [0.15, 0.2) is 6.54 Å². The fourth-order valence-electron chi connectivity index (χ4n) is 2.40. The molecular weight excluding hydrogens is 344 g/mol. The molecule has 138 valence electrons. The predicted molar refractivity (Wildman–Crippen MR) is 92.1 cm³/mol. The Kier molecular flexibility index (Phi) is 6.62. The van der Waals surface area contributed by atoms with Crippen molar-refractivity contribution in [3.05, 3.63) is 59.7 Å². The Hall–Kier alpha value is -3.00. The van der Waals surface area contributed by atoms with Gasteiger partial charge >= 0.3 is 6.61 Å². The van der Waals surface area contributed by atoms with E-state index < -0.39 is 12.5 Å². The van der Waals surface area contributed by atoms with E-state index in [0.717, 1.165) is 10.5 Å². The monoisotopic (exact) mass is 364 g/mol. The molecule has 2 aromatic rings. The first kappa shape index (κ1) is 19.3. The van der Waals surface area contributed by atoms with Crippen LogP contribution in [-0.4, -0.2) is 32.0 Å². The number of anilines is 1. The maximum Gasteiger partial charge on any atom is 0.387 e. The summed E-state index contributed by atoms with van der Waals surface area (Å²) < 4.78 is 28.5. The molecule has 2 rings (SSSR count). The molecule has 0 spiro atoms. The Morgan fingerprint density at radius 1 is 1.12 bits per heavy atom. The number of carbonyl (C=O) groups excluding carboxylic acids is 2. The third kappa shape index (κ3) is 6.14. The van der Waals surface area contributed by atoms with Gasteiger partial charge in [0.2, 0.25) is 5.91 Å². The van der Waals surface area contributed by atoms with Crippen LogP contribution in [0.4, 0.5) is 14.5 Å². The lowest BCUT2D eigenvalue weighted by Gasteiger charge is -2.14. The topological polar surface area (TPSA) is 85.9 Å². The molecule has 2 amide bonds. The van der Waals surface area contributed by atoms with E-state index in [1.54, 1.807) is 24.3 Å². The van der Waals surface area contributed by atoms with Crippen molar-refractivity contribution in [1.29, 1.82) is 0 Å². The first-order chi connectivity index (χ1) is 12.3. The molecule has 0 bridgehead atoms. The minimum atomic E-state index is -2.85. The Morgan fingerprint density at radius 2 is 1.73 bits per heavy atom. The average Bonchev–Trinajstić information content (AvgIpc) is 2.56. The van der Waals surface area contributed by atoms with Gasteiger partial charge < -0.3 is 20.7 Å². The fourth-order valence-corrected chi connectivity index (χ4v) is 2.40. The number of ether oxygens (including phenoxy) is 1. The molecule has 0 heterocycles. The fraction of sp³-hybridized carbons (Fsp3) is 0.222. The number of hydrogen-bond acceptors (Lipinski definition) is 3. The van der Waals surface area contributed by atoms with Crippen molar-refractivity contribution < 1.29 is 28.0 Å². The molecule has 0 aliphatic heterocycles. The second-order valence-electron chi connectivity index (χ2n) is 5.82. The Bertz CT molecular complexity index is 749. The van der Waals surface area contributed by atoms with Gasteiger partial charge in [-0.1, -0.05) is 0 Å². The quantitative estimate of drug-likeness (QED) is 0.654. The zero-order valence-electron chi connectivity index (χ0n) is 14.2. The van der Waals surface area contributed by atoms with Gasteiger partial charge in [0.05, 0.1) is 7.05 Å². The molecule has 2 aromatic carbocycles. The number of alkyl halides is 2. The number of nitrogens with one attached hydrogen (secondary N) is 2. The normalized spacial score (nSPS) is 11.8. The minimum absolute atomic E-state index is 0.0959. The smallest absolute Gasteiger partial charge is 0.387 e. The largest absolute Gasteiger partial charge is 0.435 e. The number of nitrogens with two attached hydrogens (primary N) is 1. The molecule has 0 aromatic heterocycles. The molecule has 0 aliphatic rings.